The molecule has 10 rings (SSSR count). The molecule has 0 aliphatic carbocycles. The molecule has 0 radical (unpaired) electrons. The number of nitrogen functional groups attached to an aromatic ring is 1. The van der Waals surface area contributed by atoms with Crippen molar-refractivity contribution in [1.82, 2.24) is 0 Å². The van der Waals surface area contributed by atoms with Gasteiger partial charge in [0.15, 0.2) is 0 Å². The van der Waals surface area contributed by atoms with E-state index in [1.54, 1.807) is 0 Å². The number of aryl methyl sites for hydroxylation is 1. The number of thiophene rings is 1. The number of hydrogen-bond donors (Lipinski definition) is 3. The summed E-state index contributed by atoms with van der Waals surface area (Å²) in [6.45, 7) is 2.79. The average molecular weight is 780 g/mol. The van der Waals surface area contributed by atoms with Gasteiger partial charge in [0.2, 0.25) is 0 Å². The summed E-state index contributed by atoms with van der Waals surface area (Å²) in [4.78, 5) is 0. The van der Waals surface area contributed by atoms with Crippen molar-refractivity contribution >= 4 is 48.1 Å². The second-order valence-corrected chi connectivity index (χ2v) is 15.6. The Hall–Kier alpha value is -7.11. The van der Waals surface area contributed by atoms with Gasteiger partial charge in [-0.3, -0.25) is 5.41 Å². The van der Waals surface area contributed by atoms with Gasteiger partial charge >= 0.3 is 0 Å². The number of hydrogen-bond acceptors (Lipinski definition) is 3. The monoisotopic (exact) mass is 779 g/mol. The number of benzene rings is 9. The van der Waals surface area contributed by atoms with Crippen molar-refractivity contribution in [1.29, 1.82) is 5.41 Å². The lowest BCUT2D eigenvalue weighted by Crippen LogP contribution is -2.10. The number of nitrogens with one attached hydrogen (secondary N) is 1. The predicted octanol–water partition coefficient (Wildman–Crippen LogP) is 14.3. The van der Waals surface area contributed by atoms with E-state index in [4.69, 9.17) is 16.9 Å². The molecule has 0 saturated heterocycles. The van der Waals surface area contributed by atoms with E-state index in [0.717, 1.165) is 11.1 Å². The van der Waals surface area contributed by atoms with Crippen molar-refractivity contribution in [2.45, 2.75) is 13.5 Å². The van der Waals surface area contributed by atoms with Gasteiger partial charge in [-0.25, -0.2) is 0 Å². The van der Waals surface area contributed by atoms with Crippen LogP contribution in [0.2, 0.25) is 0 Å². The third-order valence-corrected chi connectivity index (χ3v) is 11.6. The second kappa shape index (κ2) is 18.0. The van der Waals surface area contributed by atoms with E-state index in [0.29, 0.717) is 6.54 Å². The summed E-state index contributed by atoms with van der Waals surface area (Å²) in [5, 5.41) is 12.6. The second-order valence-electron chi connectivity index (χ2n) is 14.5. The number of fused-ring (bicyclic) bond motifs is 5. The lowest BCUT2D eigenvalue weighted by molar-refractivity contribution is 1.07. The topological polar surface area (TPSA) is 75.9 Å². The zero-order chi connectivity index (χ0) is 40.6. The summed E-state index contributed by atoms with van der Waals surface area (Å²) in [7, 11) is 0. The number of nitrogens with two attached hydrogens (primary N) is 2. The van der Waals surface area contributed by atoms with Crippen LogP contribution in [0.25, 0.3) is 75.5 Å². The summed E-state index contributed by atoms with van der Waals surface area (Å²) >= 11 is 1.89. The molecule has 0 unspecified atom stereocenters. The minimum atomic E-state index is 0.106. The molecule has 0 bridgehead atoms. The molecule has 5 N–H and O–H groups in total. The minimum absolute atomic E-state index is 0.106. The number of amidine groups is 1. The summed E-state index contributed by atoms with van der Waals surface area (Å²) < 4.78 is 2.68. The van der Waals surface area contributed by atoms with Crippen LogP contribution in [0.3, 0.4) is 0 Å². The van der Waals surface area contributed by atoms with Crippen molar-refractivity contribution in [3.63, 3.8) is 0 Å². The van der Waals surface area contributed by atoms with E-state index < -0.39 is 0 Å². The quantitative estimate of drug-likeness (QED) is 0.116. The minimum Gasteiger partial charge on any atom is -0.384 e. The Labute approximate surface area is 350 Å². The molecule has 0 aliphatic rings. The maximum atomic E-state index is 7.29. The Balaban J connectivity index is 0.000000172. The largest absolute Gasteiger partial charge is 0.384 e. The maximum Gasteiger partial charge on any atom is 0.122 e. The van der Waals surface area contributed by atoms with Crippen molar-refractivity contribution in [3.05, 3.63) is 229 Å². The Kier molecular flexibility index (Phi) is 11.8. The van der Waals surface area contributed by atoms with Gasteiger partial charge in [0, 0.05) is 32.3 Å². The molecule has 0 amide bonds. The van der Waals surface area contributed by atoms with Crippen LogP contribution in [0.1, 0.15) is 16.7 Å². The summed E-state index contributed by atoms with van der Waals surface area (Å²) in [6, 6.07) is 74.4. The molecular formula is C55H45N3S. The van der Waals surface area contributed by atoms with Gasteiger partial charge in [0.05, 0.1) is 0 Å². The molecule has 59 heavy (non-hydrogen) atoms. The fraction of sp³-hybridized carbons (Fsp3) is 0.0364. The highest BCUT2D eigenvalue weighted by molar-refractivity contribution is 7.26. The van der Waals surface area contributed by atoms with Crippen molar-refractivity contribution in [2.75, 3.05) is 0 Å². The summed E-state index contributed by atoms with van der Waals surface area (Å²) in [5.74, 6) is 0.106. The van der Waals surface area contributed by atoms with E-state index in [1.807, 2.05) is 84.1 Å². The van der Waals surface area contributed by atoms with Crippen LogP contribution in [0.15, 0.2) is 212 Å². The Bertz CT molecular complexity index is 3000. The van der Waals surface area contributed by atoms with Gasteiger partial charge in [-0.05, 0) is 92.0 Å². The lowest BCUT2D eigenvalue weighted by Gasteiger charge is -2.10. The Morgan fingerprint density at radius 1 is 0.458 bits per heavy atom. The van der Waals surface area contributed by atoms with Crippen LogP contribution in [0.4, 0.5) is 0 Å². The van der Waals surface area contributed by atoms with Crippen LogP contribution >= 0.6 is 11.3 Å². The SMILES string of the molecule is Cc1cccc(-c2cccc(-c3cccc(-c4cccc5sc6ccc7ccccc7c6c45)c3)c2)c1.N=C(N)c1ccc(-c2ccccc2)cc1.NCc1ccccc1. The normalized spacial score (nSPS) is 10.7. The van der Waals surface area contributed by atoms with Gasteiger partial charge in [-0.2, -0.15) is 0 Å². The molecule has 4 heteroatoms. The maximum absolute atomic E-state index is 7.29. The molecule has 9 aromatic carbocycles. The van der Waals surface area contributed by atoms with Crippen molar-refractivity contribution < 1.29 is 0 Å². The Morgan fingerprint density at radius 3 is 1.63 bits per heavy atom. The summed E-state index contributed by atoms with van der Waals surface area (Å²) in [6.07, 6.45) is 0. The zero-order valence-corrected chi connectivity index (χ0v) is 33.8. The van der Waals surface area contributed by atoms with Gasteiger partial charge in [0.1, 0.15) is 5.84 Å². The molecule has 0 atom stereocenters. The average Bonchev–Trinajstić information content (AvgIpc) is 3.70. The molecule has 0 saturated carbocycles. The van der Waals surface area contributed by atoms with Gasteiger partial charge in [-0.15, -0.1) is 11.3 Å². The highest BCUT2D eigenvalue weighted by Crippen LogP contribution is 2.43. The first-order valence-corrected chi connectivity index (χ1v) is 20.6. The number of rotatable bonds is 6. The van der Waals surface area contributed by atoms with Crippen molar-refractivity contribution in [2.24, 2.45) is 11.5 Å². The fourth-order valence-electron chi connectivity index (χ4n) is 7.48. The van der Waals surface area contributed by atoms with E-state index in [-0.39, 0.29) is 5.84 Å². The van der Waals surface area contributed by atoms with Crippen LogP contribution in [0.5, 0.6) is 0 Å². The smallest absolute Gasteiger partial charge is 0.122 e. The molecular weight excluding hydrogens is 735 g/mol. The summed E-state index contributed by atoms with van der Waals surface area (Å²) in [5.41, 5.74) is 23.8. The molecule has 3 nitrogen and oxygen atoms in total. The Morgan fingerprint density at radius 2 is 0.983 bits per heavy atom. The first kappa shape index (κ1) is 38.7. The van der Waals surface area contributed by atoms with Gasteiger partial charge < -0.3 is 11.5 Å². The predicted molar refractivity (Wildman–Crippen MR) is 255 cm³/mol. The van der Waals surface area contributed by atoms with Gasteiger partial charge in [-0.1, -0.05) is 194 Å². The first-order chi connectivity index (χ1) is 28.9. The highest BCUT2D eigenvalue weighted by Gasteiger charge is 2.14. The van der Waals surface area contributed by atoms with Crippen LogP contribution in [-0.4, -0.2) is 5.84 Å². The van der Waals surface area contributed by atoms with E-state index >= 15 is 0 Å². The van der Waals surface area contributed by atoms with Gasteiger partial charge in [0.25, 0.3) is 0 Å². The van der Waals surface area contributed by atoms with Crippen LogP contribution < -0.4 is 11.5 Å². The first-order valence-electron chi connectivity index (χ1n) is 19.8. The fourth-order valence-corrected chi connectivity index (χ4v) is 8.63. The third kappa shape index (κ3) is 8.90. The molecule has 1 aromatic heterocycles. The zero-order valence-electron chi connectivity index (χ0n) is 33.0. The highest BCUT2D eigenvalue weighted by atomic mass is 32.1. The molecule has 1 heterocycles. The molecule has 0 fully saturated rings. The molecule has 0 spiro atoms. The van der Waals surface area contributed by atoms with Crippen LogP contribution in [-0.2, 0) is 6.54 Å². The van der Waals surface area contributed by atoms with Crippen LogP contribution in [0, 0.1) is 12.3 Å². The molecule has 0 aliphatic heterocycles. The lowest BCUT2D eigenvalue weighted by atomic mass is 9.93. The van der Waals surface area contributed by atoms with E-state index in [9.17, 15) is 0 Å². The van der Waals surface area contributed by atoms with Crippen molar-refractivity contribution in [3.8, 4) is 44.5 Å². The molecule has 286 valence electrons. The molecule has 10 aromatic rings. The standard InChI is InChI=1S/C35H24S.C13H12N2.C7H9N/c1-23-8-4-10-25(20-23)26-11-5-12-27(21-26)28-13-6-14-29(22-28)31-16-7-17-32-35(31)34-30-15-3-2-9-24(30)18-19-33(34)36-32;14-13(15)12-8-6-11(7-9-12)10-4-2-1-3-5-10;8-6-7-4-2-1-3-5-7/h2-22H,1H3;1-9H,(H3,14,15);1-5H,6,8H2. The van der Waals surface area contributed by atoms with E-state index in [1.165, 1.54) is 81.0 Å². The third-order valence-electron chi connectivity index (χ3n) is 10.5. The van der Waals surface area contributed by atoms with E-state index in [2.05, 4.69) is 146 Å².